The molecule has 0 fully saturated rings. The minimum atomic E-state index is 0.487. The molecule has 0 bridgehead atoms. The van der Waals surface area contributed by atoms with E-state index in [0.717, 1.165) is 28.3 Å². The zero-order valence-corrected chi connectivity index (χ0v) is 9.37. The van der Waals surface area contributed by atoms with E-state index in [4.69, 9.17) is 5.73 Å². The molecule has 0 unspecified atom stereocenters. The minimum absolute atomic E-state index is 0.487. The van der Waals surface area contributed by atoms with Gasteiger partial charge in [-0.2, -0.15) is 5.10 Å². The highest BCUT2D eigenvalue weighted by molar-refractivity contribution is 7.15. The van der Waals surface area contributed by atoms with Crippen molar-refractivity contribution in [1.82, 2.24) is 19.6 Å². The van der Waals surface area contributed by atoms with Gasteiger partial charge >= 0.3 is 0 Å². The van der Waals surface area contributed by atoms with Crippen LogP contribution < -0.4 is 5.73 Å². The number of aromatic nitrogens is 4. The first-order valence-electron chi connectivity index (χ1n) is 4.99. The van der Waals surface area contributed by atoms with E-state index in [2.05, 4.69) is 19.6 Å². The van der Waals surface area contributed by atoms with Gasteiger partial charge < -0.3 is 5.73 Å². The number of fused-ring (bicyclic) bond motifs is 1. The van der Waals surface area contributed by atoms with Crippen LogP contribution in [-0.4, -0.2) is 19.6 Å². The van der Waals surface area contributed by atoms with Crippen molar-refractivity contribution in [2.75, 3.05) is 0 Å². The van der Waals surface area contributed by atoms with E-state index >= 15 is 0 Å². The lowest BCUT2D eigenvalue weighted by Crippen LogP contribution is -2.01. The second-order valence-electron chi connectivity index (χ2n) is 3.56. The molecule has 82 valence electrons. The second-order valence-corrected chi connectivity index (χ2v) is 4.43. The predicted molar refractivity (Wildman–Crippen MR) is 62.4 cm³/mol. The third-order valence-corrected chi connectivity index (χ3v) is 3.38. The fourth-order valence-corrected chi connectivity index (χ4v) is 2.48. The first-order chi connectivity index (χ1) is 7.88. The third kappa shape index (κ3) is 1.43. The number of nitrogens with one attached hydrogen (secondary N) is 1. The molecule has 0 spiro atoms. The van der Waals surface area contributed by atoms with E-state index in [1.165, 1.54) is 0 Å². The fourth-order valence-electron chi connectivity index (χ4n) is 1.77. The summed E-state index contributed by atoms with van der Waals surface area (Å²) in [7, 11) is 0. The van der Waals surface area contributed by atoms with Gasteiger partial charge in [-0.05, 0) is 0 Å². The van der Waals surface area contributed by atoms with E-state index in [0.29, 0.717) is 6.54 Å². The molecule has 0 radical (unpaired) electrons. The Balaban J connectivity index is 1.98. The average molecular weight is 233 g/mol. The van der Waals surface area contributed by atoms with Crippen LogP contribution in [0.5, 0.6) is 0 Å². The van der Waals surface area contributed by atoms with Crippen LogP contribution in [0.1, 0.15) is 17.0 Å². The van der Waals surface area contributed by atoms with Crippen LogP contribution in [-0.2, 0) is 13.0 Å². The quantitative estimate of drug-likeness (QED) is 0.713. The monoisotopic (exact) mass is 233 g/mol. The Morgan fingerprint density at radius 1 is 1.44 bits per heavy atom. The van der Waals surface area contributed by atoms with Crippen molar-refractivity contribution in [3.05, 3.63) is 40.9 Å². The molecule has 0 saturated carbocycles. The Labute approximate surface area is 95.9 Å². The van der Waals surface area contributed by atoms with E-state index in [-0.39, 0.29) is 0 Å². The number of hydrogen-bond acceptors (Lipinski definition) is 4. The van der Waals surface area contributed by atoms with Crippen LogP contribution in [0.25, 0.3) is 4.96 Å². The maximum Gasteiger partial charge on any atom is 0.193 e. The highest BCUT2D eigenvalue weighted by Gasteiger charge is 2.08. The summed E-state index contributed by atoms with van der Waals surface area (Å²) < 4.78 is 2.10. The molecule has 0 aromatic carbocycles. The summed E-state index contributed by atoms with van der Waals surface area (Å²) >= 11 is 1.63. The number of aromatic amines is 1. The topological polar surface area (TPSA) is 72.0 Å². The Hall–Kier alpha value is -1.66. The molecular formula is C10H11N5S. The highest BCUT2D eigenvalue weighted by Crippen LogP contribution is 2.16. The van der Waals surface area contributed by atoms with Gasteiger partial charge in [-0.3, -0.25) is 9.50 Å². The van der Waals surface area contributed by atoms with Crippen molar-refractivity contribution >= 4 is 16.3 Å². The van der Waals surface area contributed by atoms with E-state index in [1.54, 1.807) is 11.3 Å². The summed E-state index contributed by atoms with van der Waals surface area (Å²) in [5, 5.41) is 8.95. The molecule has 0 aliphatic rings. The van der Waals surface area contributed by atoms with Crippen LogP contribution in [0.15, 0.2) is 24.0 Å². The maximum atomic E-state index is 5.63. The smallest absolute Gasteiger partial charge is 0.193 e. The zero-order valence-electron chi connectivity index (χ0n) is 8.55. The molecule has 0 atom stereocenters. The van der Waals surface area contributed by atoms with Crippen molar-refractivity contribution in [3.63, 3.8) is 0 Å². The van der Waals surface area contributed by atoms with Gasteiger partial charge in [0.05, 0.1) is 18.1 Å². The standard InChI is InChI=1S/C10H11N5S/c11-4-9-7(5-13-14-9)3-8-6-12-10-15(8)1-2-16-10/h1-2,5-6H,3-4,11H2,(H,13,14). The van der Waals surface area contributed by atoms with Crippen molar-refractivity contribution < 1.29 is 0 Å². The molecule has 0 amide bonds. The summed E-state index contributed by atoms with van der Waals surface area (Å²) in [5.41, 5.74) is 8.91. The van der Waals surface area contributed by atoms with Gasteiger partial charge in [0.15, 0.2) is 4.96 Å². The van der Waals surface area contributed by atoms with Gasteiger partial charge in [-0.1, -0.05) is 0 Å². The molecule has 3 heterocycles. The van der Waals surface area contributed by atoms with Crippen LogP contribution in [0, 0.1) is 0 Å². The molecule has 3 rings (SSSR count). The van der Waals surface area contributed by atoms with E-state index in [9.17, 15) is 0 Å². The van der Waals surface area contributed by atoms with Crippen molar-refractivity contribution in [2.45, 2.75) is 13.0 Å². The van der Waals surface area contributed by atoms with Gasteiger partial charge in [0.25, 0.3) is 0 Å². The van der Waals surface area contributed by atoms with Crippen LogP contribution in [0.2, 0.25) is 0 Å². The molecule has 0 aliphatic heterocycles. The SMILES string of the molecule is NCc1[nH]ncc1Cc1cnc2sccn12. The number of rotatable bonds is 3. The molecule has 3 aromatic rings. The molecule has 16 heavy (non-hydrogen) atoms. The van der Waals surface area contributed by atoms with E-state index < -0.39 is 0 Å². The Morgan fingerprint density at radius 3 is 3.25 bits per heavy atom. The average Bonchev–Trinajstić information content (AvgIpc) is 2.96. The molecule has 3 N–H and O–H groups in total. The van der Waals surface area contributed by atoms with Gasteiger partial charge in [0, 0.05) is 35.8 Å². The second kappa shape index (κ2) is 3.73. The van der Waals surface area contributed by atoms with Crippen molar-refractivity contribution in [1.29, 1.82) is 0 Å². The normalized spacial score (nSPS) is 11.3. The molecular weight excluding hydrogens is 222 g/mol. The van der Waals surface area contributed by atoms with Gasteiger partial charge in [0.2, 0.25) is 0 Å². The Kier molecular flexibility index (Phi) is 2.23. The van der Waals surface area contributed by atoms with Crippen LogP contribution >= 0.6 is 11.3 Å². The maximum absolute atomic E-state index is 5.63. The lowest BCUT2D eigenvalue weighted by Gasteiger charge is -1.99. The van der Waals surface area contributed by atoms with Gasteiger partial charge in [-0.25, -0.2) is 4.98 Å². The zero-order chi connectivity index (χ0) is 11.0. The number of imidazole rings is 1. The van der Waals surface area contributed by atoms with E-state index in [1.807, 2.05) is 24.0 Å². The fraction of sp³-hybridized carbons (Fsp3) is 0.200. The lowest BCUT2D eigenvalue weighted by atomic mass is 10.1. The largest absolute Gasteiger partial charge is 0.325 e. The number of nitrogens with two attached hydrogens (primary N) is 1. The molecule has 0 saturated heterocycles. The summed E-state index contributed by atoms with van der Waals surface area (Å²) in [6.07, 6.45) is 6.57. The van der Waals surface area contributed by atoms with Gasteiger partial charge in [0.1, 0.15) is 0 Å². The lowest BCUT2D eigenvalue weighted by molar-refractivity contribution is 0.926. The first-order valence-corrected chi connectivity index (χ1v) is 5.87. The molecule has 5 nitrogen and oxygen atoms in total. The number of H-pyrrole nitrogens is 1. The number of nitrogens with zero attached hydrogens (tertiary/aromatic N) is 3. The Morgan fingerprint density at radius 2 is 2.38 bits per heavy atom. The summed E-state index contributed by atoms with van der Waals surface area (Å²) in [6.45, 7) is 0.487. The van der Waals surface area contributed by atoms with Crippen LogP contribution in [0.4, 0.5) is 0 Å². The summed E-state index contributed by atoms with van der Waals surface area (Å²) in [6, 6.07) is 0. The number of thiazole rings is 1. The molecule has 3 aromatic heterocycles. The Bertz CT molecular complexity index is 605. The third-order valence-electron chi connectivity index (χ3n) is 2.61. The summed E-state index contributed by atoms with van der Waals surface area (Å²) in [5.74, 6) is 0. The first kappa shape index (κ1) is 9.56. The summed E-state index contributed by atoms with van der Waals surface area (Å²) in [4.78, 5) is 5.36. The van der Waals surface area contributed by atoms with Crippen molar-refractivity contribution in [2.24, 2.45) is 5.73 Å². The predicted octanol–water partition coefficient (Wildman–Crippen LogP) is 1.17. The van der Waals surface area contributed by atoms with Crippen molar-refractivity contribution in [3.8, 4) is 0 Å². The minimum Gasteiger partial charge on any atom is -0.325 e. The van der Waals surface area contributed by atoms with Gasteiger partial charge in [-0.15, -0.1) is 11.3 Å². The molecule has 0 aliphatic carbocycles. The molecule has 6 heteroatoms. The highest BCUT2D eigenvalue weighted by atomic mass is 32.1. The number of hydrogen-bond donors (Lipinski definition) is 2. The van der Waals surface area contributed by atoms with Crippen LogP contribution in [0.3, 0.4) is 0 Å².